The van der Waals surface area contributed by atoms with E-state index in [1.165, 1.54) is 12.1 Å². The minimum Gasteiger partial charge on any atom is -0.488 e. The summed E-state index contributed by atoms with van der Waals surface area (Å²) in [5, 5.41) is -0.505. The van der Waals surface area contributed by atoms with Crippen molar-refractivity contribution in [1.82, 2.24) is 0 Å². The van der Waals surface area contributed by atoms with Crippen molar-refractivity contribution in [2.45, 2.75) is 6.61 Å². The number of ether oxygens (including phenoxy) is 1. The maximum absolute atomic E-state index is 13.0. The monoisotopic (exact) mass is 390 g/mol. The normalized spacial score (nSPS) is 10.3. The molecule has 0 heterocycles. The lowest BCUT2D eigenvalue weighted by molar-refractivity contribution is 0.108. The molecule has 0 unspecified atom stereocenters. The van der Waals surface area contributed by atoms with Crippen molar-refractivity contribution in [3.8, 4) is 5.75 Å². The molecule has 0 N–H and O–H groups in total. The fraction of sp³-hybridized carbons (Fsp3) is 0.0714. The van der Waals surface area contributed by atoms with Crippen molar-refractivity contribution in [2.24, 2.45) is 0 Å². The zero-order valence-corrected chi connectivity index (χ0v) is 12.6. The summed E-state index contributed by atoms with van der Waals surface area (Å²) < 4.78 is 19.4. The van der Waals surface area contributed by atoms with Gasteiger partial charge in [0.05, 0.1) is 3.57 Å². The summed E-state index contributed by atoms with van der Waals surface area (Å²) in [6, 6.07) is 11.1. The number of halogens is 3. The number of hydrogen-bond donors (Lipinski definition) is 0. The average Bonchev–Trinajstić information content (AvgIpc) is 2.37. The average molecular weight is 391 g/mol. The first kappa shape index (κ1) is 14.3. The Balaban J connectivity index is 2.10. The molecular formula is C14H9ClFIO2. The smallest absolute Gasteiger partial charge is 0.252 e. The molecule has 0 aromatic heterocycles. The highest BCUT2D eigenvalue weighted by Crippen LogP contribution is 2.24. The molecule has 0 aliphatic heterocycles. The van der Waals surface area contributed by atoms with Gasteiger partial charge in [-0.25, -0.2) is 4.39 Å². The minimum atomic E-state index is -0.505. The quantitative estimate of drug-likeness (QED) is 0.572. The van der Waals surface area contributed by atoms with Gasteiger partial charge < -0.3 is 4.74 Å². The second-order valence-electron chi connectivity index (χ2n) is 3.84. The molecule has 2 aromatic rings. The van der Waals surface area contributed by atoms with Crippen molar-refractivity contribution < 1.29 is 13.9 Å². The molecule has 0 saturated heterocycles. The van der Waals surface area contributed by atoms with Crippen molar-refractivity contribution in [1.29, 1.82) is 0 Å². The summed E-state index contributed by atoms with van der Waals surface area (Å²) >= 11 is 7.45. The Bertz CT molecular complexity index is 616. The van der Waals surface area contributed by atoms with Crippen LogP contribution in [0.1, 0.15) is 15.9 Å². The van der Waals surface area contributed by atoms with E-state index in [2.05, 4.69) is 22.6 Å². The van der Waals surface area contributed by atoms with Gasteiger partial charge in [0.1, 0.15) is 18.2 Å². The van der Waals surface area contributed by atoms with Gasteiger partial charge >= 0.3 is 0 Å². The molecule has 0 saturated carbocycles. The van der Waals surface area contributed by atoms with E-state index in [0.717, 1.165) is 9.13 Å². The molecule has 0 atom stereocenters. The van der Waals surface area contributed by atoms with Crippen LogP contribution in [0.4, 0.5) is 4.39 Å². The van der Waals surface area contributed by atoms with E-state index in [9.17, 15) is 9.18 Å². The zero-order chi connectivity index (χ0) is 13.8. The molecule has 19 heavy (non-hydrogen) atoms. The van der Waals surface area contributed by atoms with Crippen LogP contribution < -0.4 is 4.74 Å². The predicted molar refractivity (Wildman–Crippen MR) is 80.1 cm³/mol. The van der Waals surface area contributed by atoms with Crippen molar-refractivity contribution in [3.05, 3.63) is 63.0 Å². The molecule has 5 heteroatoms. The highest BCUT2D eigenvalue weighted by Gasteiger charge is 2.07. The van der Waals surface area contributed by atoms with Gasteiger partial charge in [-0.05, 0) is 70.1 Å². The summed E-state index contributed by atoms with van der Waals surface area (Å²) in [6.07, 6.45) is 0. The molecular weight excluding hydrogens is 382 g/mol. The third-order valence-electron chi connectivity index (χ3n) is 2.44. The van der Waals surface area contributed by atoms with Crippen molar-refractivity contribution >= 4 is 39.4 Å². The maximum atomic E-state index is 13.0. The number of rotatable bonds is 4. The first-order valence-corrected chi connectivity index (χ1v) is 6.88. The zero-order valence-electron chi connectivity index (χ0n) is 9.70. The maximum Gasteiger partial charge on any atom is 0.252 e. The second-order valence-corrected chi connectivity index (χ2v) is 5.34. The molecule has 0 amide bonds. The lowest BCUT2D eigenvalue weighted by Crippen LogP contribution is -1.99. The molecule has 0 fully saturated rings. The van der Waals surface area contributed by atoms with Crippen LogP contribution >= 0.6 is 34.2 Å². The van der Waals surface area contributed by atoms with Crippen LogP contribution in [0.2, 0.25) is 0 Å². The van der Waals surface area contributed by atoms with Gasteiger partial charge in [-0.15, -0.1) is 0 Å². The summed E-state index contributed by atoms with van der Waals surface area (Å²) in [7, 11) is 0. The van der Waals surface area contributed by atoms with Gasteiger partial charge in [0.25, 0.3) is 5.24 Å². The number of carbonyl (C=O) groups excluding carboxylic acids is 1. The van der Waals surface area contributed by atoms with E-state index in [0.29, 0.717) is 11.3 Å². The van der Waals surface area contributed by atoms with E-state index < -0.39 is 5.24 Å². The Morgan fingerprint density at radius 1 is 1.26 bits per heavy atom. The highest BCUT2D eigenvalue weighted by molar-refractivity contribution is 14.1. The molecule has 0 radical (unpaired) electrons. The van der Waals surface area contributed by atoms with Crippen LogP contribution in [0.15, 0.2) is 42.5 Å². The van der Waals surface area contributed by atoms with Gasteiger partial charge in [0, 0.05) is 5.56 Å². The molecule has 0 aliphatic carbocycles. The van der Waals surface area contributed by atoms with Gasteiger partial charge in [0.2, 0.25) is 0 Å². The topological polar surface area (TPSA) is 26.3 Å². The number of hydrogen-bond acceptors (Lipinski definition) is 2. The molecule has 0 aliphatic rings. The Morgan fingerprint density at radius 2 is 2.05 bits per heavy atom. The van der Waals surface area contributed by atoms with Crippen LogP contribution in [0.25, 0.3) is 0 Å². The standard InChI is InChI=1S/C14H9ClFIO2/c15-14(18)10-4-5-13(12(17)7-10)19-8-9-2-1-3-11(16)6-9/h1-7H,8H2. The fourth-order valence-corrected chi connectivity index (χ4v) is 2.32. The van der Waals surface area contributed by atoms with E-state index in [1.54, 1.807) is 30.3 Å². The summed E-state index contributed by atoms with van der Waals surface area (Å²) in [6.45, 7) is 0.266. The molecule has 98 valence electrons. The first-order valence-electron chi connectivity index (χ1n) is 5.43. The van der Waals surface area contributed by atoms with E-state index >= 15 is 0 Å². The Kier molecular flexibility index (Phi) is 4.76. The number of benzene rings is 2. The Morgan fingerprint density at radius 3 is 2.68 bits per heavy atom. The molecule has 2 nitrogen and oxygen atoms in total. The molecule has 0 bridgehead atoms. The van der Waals surface area contributed by atoms with Crippen LogP contribution in [0.5, 0.6) is 5.75 Å². The lowest BCUT2D eigenvalue weighted by atomic mass is 10.2. The van der Waals surface area contributed by atoms with Crippen LogP contribution in [0.3, 0.4) is 0 Å². The molecule has 0 spiro atoms. The van der Waals surface area contributed by atoms with Crippen LogP contribution in [-0.4, -0.2) is 5.24 Å². The van der Waals surface area contributed by atoms with E-state index in [-0.39, 0.29) is 12.4 Å². The minimum absolute atomic E-state index is 0.266. The highest BCUT2D eigenvalue weighted by atomic mass is 127. The van der Waals surface area contributed by atoms with Crippen molar-refractivity contribution in [2.75, 3.05) is 0 Å². The van der Waals surface area contributed by atoms with Gasteiger partial charge in [-0.2, -0.15) is 0 Å². The van der Waals surface area contributed by atoms with Gasteiger partial charge in [0.15, 0.2) is 0 Å². The lowest BCUT2D eigenvalue weighted by Gasteiger charge is -2.09. The molecule has 2 rings (SSSR count). The Labute approximate surface area is 128 Å². The Hall–Kier alpha value is -1.14. The van der Waals surface area contributed by atoms with Crippen molar-refractivity contribution in [3.63, 3.8) is 0 Å². The summed E-state index contributed by atoms with van der Waals surface area (Å²) in [4.78, 5) is 11.0. The fourth-order valence-electron chi connectivity index (χ4n) is 1.53. The second kappa shape index (κ2) is 6.34. The van der Waals surface area contributed by atoms with E-state index in [1.807, 2.05) is 0 Å². The number of carbonyl (C=O) groups is 1. The summed E-state index contributed by atoms with van der Waals surface area (Å²) in [5.41, 5.74) is 1.16. The van der Waals surface area contributed by atoms with Crippen LogP contribution in [0, 0.1) is 9.39 Å². The third kappa shape index (κ3) is 3.91. The van der Waals surface area contributed by atoms with Gasteiger partial charge in [-0.3, -0.25) is 4.79 Å². The van der Waals surface area contributed by atoms with Gasteiger partial charge in [-0.1, -0.05) is 12.1 Å². The van der Waals surface area contributed by atoms with E-state index in [4.69, 9.17) is 16.3 Å². The van der Waals surface area contributed by atoms with Crippen LogP contribution in [-0.2, 0) is 6.61 Å². The SMILES string of the molecule is O=C(Cl)c1ccc(OCc2cccc(F)c2)c(I)c1. The molecule has 2 aromatic carbocycles. The largest absolute Gasteiger partial charge is 0.488 e. The third-order valence-corrected chi connectivity index (χ3v) is 3.50. The first-order chi connectivity index (χ1) is 9.06. The predicted octanol–water partition coefficient (Wildman–Crippen LogP) is 4.39. The summed E-state index contributed by atoms with van der Waals surface area (Å²) in [5.74, 6) is 0.338.